The standard InChI is InChI=1S/C22H23FN4OS/c1-15(16-2-7-20-19(12-16)24-14-29-20)26-10-8-22(9-11-26)13-27(21(28)25-22)18-5-3-17(23)4-6-18/h2-7,12,14-15H,8-11,13H2,1H3,(H,25,28)/t15-/m0/s1. The summed E-state index contributed by atoms with van der Waals surface area (Å²) >= 11 is 1.66. The van der Waals surface area contributed by atoms with Gasteiger partial charge in [0.1, 0.15) is 5.82 Å². The normalized spacial score (nSPS) is 20.3. The number of halogens is 1. The van der Waals surface area contributed by atoms with E-state index in [1.807, 2.05) is 5.51 Å². The SMILES string of the molecule is C[C@@H](c1ccc2scnc2c1)N1CCC2(CC1)CN(c1ccc(F)cc1)C(=O)N2. The number of urea groups is 1. The molecule has 3 aromatic rings. The van der Waals surface area contributed by atoms with Crippen molar-refractivity contribution < 1.29 is 9.18 Å². The second-order valence-electron chi connectivity index (χ2n) is 8.06. The van der Waals surface area contributed by atoms with Gasteiger partial charge in [0, 0.05) is 24.8 Å². The van der Waals surface area contributed by atoms with E-state index in [9.17, 15) is 9.18 Å². The molecule has 29 heavy (non-hydrogen) atoms. The van der Waals surface area contributed by atoms with Gasteiger partial charge in [-0.2, -0.15) is 0 Å². The molecule has 2 amide bonds. The van der Waals surface area contributed by atoms with E-state index >= 15 is 0 Å². The predicted molar refractivity (Wildman–Crippen MR) is 114 cm³/mol. The molecule has 1 N–H and O–H groups in total. The van der Waals surface area contributed by atoms with Gasteiger partial charge in [0.2, 0.25) is 0 Å². The molecule has 2 saturated heterocycles. The highest BCUT2D eigenvalue weighted by Crippen LogP contribution is 2.34. The highest BCUT2D eigenvalue weighted by molar-refractivity contribution is 7.16. The smallest absolute Gasteiger partial charge is 0.322 e. The fourth-order valence-electron chi connectivity index (χ4n) is 4.51. The summed E-state index contributed by atoms with van der Waals surface area (Å²) in [6.45, 7) is 4.72. The summed E-state index contributed by atoms with van der Waals surface area (Å²) in [5.74, 6) is -0.291. The van der Waals surface area contributed by atoms with Crippen LogP contribution >= 0.6 is 11.3 Å². The van der Waals surface area contributed by atoms with Gasteiger partial charge < -0.3 is 5.32 Å². The van der Waals surface area contributed by atoms with Gasteiger partial charge in [-0.3, -0.25) is 9.80 Å². The number of fused-ring (bicyclic) bond motifs is 1. The van der Waals surface area contributed by atoms with E-state index < -0.39 is 0 Å². The molecule has 2 aliphatic rings. The number of thiazole rings is 1. The average Bonchev–Trinajstić information content (AvgIpc) is 3.32. The molecular formula is C22H23FN4OS. The van der Waals surface area contributed by atoms with Crippen LogP contribution in [0.3, 0.4) is 0 Å². The summed E-state index contributed by atoms with van der Waals surface area (Å²) < 4.78 is 14.4. The fraction of sp³-hybridized carbons (Fsp3) is 0.364. The number of nitrogens with one attached hydrogen (secondary N) is 1. The fourth-order valence-corrected chi connectivity index (χ4v) is 5.16. The van der Waals surface area contributed by atoms with Crippen LogP contribution in [0.2, 0.25) is 0 Å². The van der Waals surface area contributed by atoms with Gasteiger partial charge in [-0.1, -0.05) is 6.07 Å². The molecule has 5 nitrogen and oxygen atoms in total. The molecule has 1 aromatic heterocycles. The number of carbonyl (C=O) groups excluding carboxylic acids is 1. The van der Waals surface area contributed by atoms with Crippen LogP contribution in [0.1, 0.15) is 31.4 Å². The second-order valence-corrected chi connectivity index (χ2v) is 8.95. The minimum atomic E-state index is -0.291. The summed E-state index contributed by atoms with van der Waals surface area (Å²) in [5, 5.41) is 3.21. The van der Waals surface area contributed by atoms with Gasteiger partial charge in [0.15, 0.2) is 0 Å². The Kier molecular flexibility index (Phi) is 4.52. The van der Waals surface area contributed by atoms with E-state index in [1.54, 1.807) is 28.4 Å². The van der Waals surface area contributed by atoms with Crippen molar-refractivity contribution in [3.8, 4) is 0 Å². The molecule has 0 aliphatic carbocycles. The summed E-state index contributed by atoms with van der Waals surface area (Å²) in [6, 6.07) is 12.9. The van der Waals surface area contributed by atoms with Crippen LogP contribution in [0.15, 0.2) is 48.0 Å². The van der Waals surface area contributed by atoms with E-state index in [4.69, 9.17) is 0 Å². The minimum Gasteiger partial charge on any atom is -0.330 e. The van der Waals surface area contributed by atoms with E-state index in [1.165, 1.54) is 22.4 Å². The first-order valence-corrected chi connectivity index (χ1v) is 10.8. The first kappa shape index (κ1) is 18.5. The van der Waals surface area contributed by atoms with Crippen molar-refractivity contribution in [3.05, 3.63) is 59.4 Å². The van der Waals surface area contributed by atoms with Crippen LogP contribution in [0.5, 0.6) is 0 Å². The first-order valence-electron chi connectivity index (χ1n) is 9.95. The molecular weight excluding hydrogens is 387 g/mol. The lowest BCUT2D eigenvalue weighted by molar-refractivity contribution is 0.121. The van der Waals surface area contributed by atoms with Crippen LogP contribution in [0, 0.1) is 5.82 Å². The molecule has 3 heterocycles. The van der Waals surface area contributed by atoms with E-state index in [0.717, 1.165) is 37.1 Å². The highest BCUT2D eigenvalue weighted by atomic mass is 32.1. The zero-order chi connectivity index (χ0) is 20.0. The van der Waals surface area contributed by atoms with Gasteiger partial charge in [-0.25, -0.2) is 14.2 Å². The number of likely N-dealkylation sites (tertiary alicyclic amines) is 1. The molecule has 0 radical (unpaired) electrons. The van der Waals surface area contributed by atoms with Crippen LogP contribution in [-0.2, 0) is 0 Å². The van der Waals surface area contributed by atoms with Crippen molar-refractivity contribution in [2.75, 3.05) is 24.5 Å². The molecule has 2 aliphatic heterocycles. The third-order valence-corrected chi connectivity index (χ3v) is 7.17. The molecule has 7 heteroatoms. The number of rotatable bonds is 3. The maximum atomic E-state index is 13.2. The quantitative estimate of drug-likeness (QED) is 0.689. The van der Waals surface area contributed by atoms with Gasteiger partial charge in [-0.15, -0.1) is 11.3 Å². The van der Waals surface area contributed by atoms with Crippen molar-refractivity contribution in [3.63, 3.8) is 0 Å². The summed E-state index contributed by atoms with van der Waals surface area (Å²) in [7, 11) is 0. The second kappa shape index (κ2) is 7.07. The third kappa shape index (κ3) is 3.38. The zero-order valence-corrected chi connectivity index (χ0v) is 17.1. The molecule has 150 valence electrons. The van der Waals surface area contributed by atoms with Crippen LogP contribution in [0.25, 0.3) is 10.2 Å². The van der Waals surface area contributed by atoms with Crippen LogP contribution < -0.4 is 10.2 Å². The van der Waals surface area contributed by atoms with Gasteiger partial charge in [0.25, 0.3) is 0 Å². The largest absolute Gasteiger partial charge is 0.330 e. The lowest BCUT2D eigenvalue weighted by Gasteiger charge is -2.41. The number of hydrogen-bond acceptors (Lipinski definition) is 4. The Morgan fingerprint density at radius 1 is 1.17 bits per heavy atom. The molecule has 0 unspecified atom stereocenters. The van der Waals surface area contributed by atoms with Gasteiger partial charge >= 0.3 is 6.03 Å². The first-order chi connectivity index (χ1) is 14.0. The van der Waals surface area contributed by atoms with Crippen LogP contribution in [-0.4, -0.2) is 41.1 Å². The maximum absolute atomic E-state index is 13.2. The van der Waals surface area contributed by atoms with Crippen molar-refractivity contribution in [2.45, 2.75) is 31.3 Å². The highest BCUT2D eigenvalue weighted by Gasteiger charge is 2.45. The predicted octanol–water partition coefficient (Wildman–Crippen LogP) is 4.56. The number of nitrogens with zero attached hydrogens (tertiary/aromatic N) is 3. The molecule has 1 atom stereocenters. The zero-order valence-electron chi connectivity index (χ0n) is 16.3. The number of amides is 2. The molecule has 2 aromatic carbocycles. The number of carbonyl (C=O) groups is 1. The van der Waals surface area contributed by atoms with Crippen molar-refractivity contribution in [2.24, 2.45) is 0 Å². The topological polar surface area (TPSA) is 48.5 Å². The lowest BCUT2D eigenvalue weighted by atomic mass is 9.87. The molecule has 1 spiro atoms. The Balaban J connectivity index is 1.27. The number of hydrogen-bond donors (Lipinski definition) is 1. The Hall–Kier alpha value is -2.51. The van der Waals surface area contributed by atoms with Crippen molar-refractivity contribution in [1.29, 1.82) is 0 Å². The Labute approximate surface area is 173 Å². The Morgan fingerprint density at radius 3 is 2.69 bits per heavy atom. The number of aromatic nitrogens is 1. The van der Waals surface area contributed by atoms with E-state index in [2.05, 4.69) is 40.3 Å². The number of piperidine rings is 1. The van der Waals surface area contributed by atoms with Gasteiger partial charge in [0.05, 0.1) is 27.8 Å². The number of benzene rings is 2. The lowest BCUT2D eigenvalue weighted by Crippen LogP contribution is -2.52. The van der Waals surface area contributed by atoms with E-state index in [-0.39, 0.29) is 17.4 Å². The summed E-state index contributed by atoms with van der Waals surface area (Å²) in [6.07, 6.45) is 1.81. The van der Waals surface area contributed by atoms with Crippen molar-refractivity contribution in [1.82, 2.24) is 15.2 Å². The molecule has 0 bridgehead atoms. The molecule has 0 saturated carbocycles. The van der Waals surface area contributed by atoms with Gasteiger partial charge in [-0.05, 0) is 61.7 Å². The minimum absolute atomic E-state index is 0.0907. The average molecular weight is 411 g/mol. The Bertz CT molecular complexity index is 1040. The Morgan fingerprint density at radius 2 is 1.93 bits per heavy atom. The molecule has 2 fully saturated rings. The van der Waals surface area contributed by atoms with Crippen molar-refractivity contribution >= 4 is 33.3 Å². The number of anilines is 1. The maximum Gasteiger partial charge on any atom is 0.322 e. The summed E-state index contributed by atoms with van der Waals surface area (Å²) in [5.41, 5.74) is 4.77. The van der Waals surface area contributed by atoms with E-state index in [0.29, 0.717) is 12.6 Å². The van der Waals surface area contributed by atoms with Crippen LogP contribution in [0.4, 0.5) is 14.9 Å². The monoisotopic (exact) mass is 410 g/mol. The molecule has 5 rings (SSSR count). The summed E-state index contributed by atoms with van der Waals surface area (Å²) in [4.78, 5) is 21.2. The third-order valence-electron chi connectivity index (χ3n) is 6.36.